The van der Waals surface area contributed by atoms with Crippen molar-refractivity contribution in [1.29, 1.82) is 0 Å². The normalized spacial score (nSPS) is 16.0. The summed E-state index contributed by atoms with van der Waals surface area (Å²) in [6, 6.07) is 6.09. The number of sulfonamides is 1. The number of nitrogens with zero attached hydrogens (tertiary/aromatic N) is 2. The second kappa shape index (κ2) is 10.3. The maximum absolute atomic E-state index is 13.2. The van der Waals surface area contributed by atoms with Gasteiger partial charge >= 0.3 is 0 Å². The van der Waals surface area contributed by atoms with Crippen molar-refractivity contribution in [2.24, 2.45) is 0 Å². The Morgan fingerprint density at radius 3 is 2.50 bits per heavy atom. The fourth-order valence-electron chi connectivity index (χ4n) is 3.50. The largest absolute Gasteiger partial charge is 0.493 e. The molecule has 1 N–H and O–H groups in total. The lowest BCUT2D eigenvalue weighted by Gasteiger charge is -2.27. The topological polar surface area (TPSA) is 111 Å². The zero-order valence-electron chi connectivity index (χ0n) is 18.7. The van der Waals surface area contributed by atoms with Gasteiger partial charge in [-0.2, -0.15) is 4.31 Å². The van der Waals surface area contributed by atoms with Crippen LogP contribution in [-0.2, 0) is 14.8 Å². The number of benzene rings is 1. The molecule has 1 aliphatic heterocycles. The molecule has 11 heteroatoms. The molecule has 1 amide bonds. The molecule has 10 nitrogen and oxygen atoms in total. The van der Waals surface area contributed by atoms with Crippen LogP contribution in [0.1, 0.15) is 22.2 Å². The van der Waals surface area contributed by atoms with E-state index in [0.717, 1.165) is 0 Å². The Hall–Kier alpha value is -2.60. The van der Waals surface area contributed by atoms with Crippen LogP contribution in [-0.4, -0.2) is 84.7 Å². The third-order valence-electron chi connectivity index (χ3n) is 5.26. The van der Waals surface area contributed by atoms with Crippen molar-refractivity contribution in [2.45, 2.75) is 10.9 Å². The molecule has 1 aliphatic rings. The van der Waals surface area contributed by atoms with Crippen LogP contribution in [0.15, 0.2) is 39.8 Å². The summed E-state index contributed by atoms with van der Waals surface area (Å²) in [5.41, 5.74) is 0.0654. The minimum atomic E-state index is -3.84. The number of furan rings is 1. The SMILES string of the molecule is COc1cc(S(=O)(=O)N2CCOCC2)cc(C(=O)NCC(c2ccco2)N(C)C)c1OC. The highest BCUT2D eigenvalue weighted by atomic mass is 32.2. The van der Waals surface area contributed by atoms with Crippen molar-refractivity contribution >= 4 is 15.9 Å². The van der Waals surface area contributed by atoms with E-state index in [1.165, 1.54) is 30.7 Å². The zero-order valence-corrected chi connectivity index (χ0v) is 19.5. The van der Waals surface area contributed by atoms with Crippen molar-refractivity contribution in [3.05, 3.63) is 41.9 Å². The lowest BCUT2D eigenvalue weighted by molar-refractivity contribution is 0.0730. The number of carbonyl (C=O) groups is 1. The molecule has 2 heterocycles. The average molecular weight is 468 g/mol. The Balaban J connectivity index is 1.92. The zero-order chi connectivity index (χ0) is 23.3. The van der Waals surface area contributed by atoms with Gasteiger partial charge in [0.25, 0.3) is 5.91 Å². The van der Waals surface area contributed by atoms with Crippen LogP contribution in [0, 0.1) is 0 Å². The summed E-state index contributed by atoms with van der Waals surface area (Å²) < 4.78 is 49.1. The monoisotopic (exact) mass is 467 g/mol. The number of rotatable bonds is 9. The highest BCUT2D eigenvalue weighted by Crippen LogP contribution is 2.35. The molecular formula is C21H29N3O7S. The fraction of sp³-hybridized carbons (Fsp3) is 0.476. The van der Waals surface area contributed by atoms with E-state index in [9.17, 15) is 13.2 Å². The van der Waals surface area contributed by atoms with Gasteiger partial charge in [-0.05, 0) is 32.3 Å². The van der Waals surface area contributed by atoms with Crippen LogP contribution in [0.4, 0.5) is 0 Å². The smallest absolute Gasteiger partial charge is 0.255 e. The van der Waals surface area contributed by atoms with Gasteiger partial charge in [0.15, 0.2) is 11.5 Å². The minimum Gasteiger partial charge on any atom is -0.493 e. The summed E-state index contributed by atoms with van der Waals surface area (Å²) in [5, 5.41) is 2.85. The highest BCUT2D eigenvalue weighted by Gasteiger charge is 2.30. The van der Waals surface area contributed by atoms with Gasteiger partial charge in [-0.1, -0.05) is 0 Å². The average Bonchev–Trinajstić information content (AvgIpc) is 3.32. The molecule has 1 fully saturated rings. The van der Waals surface area contributed by atoms with Gasteiger partial charge in [-0.25, -0.2) is 8.42 Å². The minimum absolute atomic E-state index is 0.0441. The molecule has 32 heavy (non-hydrogen) atoms. The van der Waals surface area contributed by atoms with Crippen LogP contribution in [0.25, 0.3) is 0 Å². The van der Waals surface area contributed by atoms with Crippen LogP contribution in [0.3, 0.4) is 0 Å². The fourth-order valence-corrected chi connectivity index (χ4v) is 4.95. The van der Waals surface area contributed by atoms with Crippen molar-refractivity contribution in [1.82, 2.24) is 14.5 Å². The molecule has 1 saturated heterocycles. The van der Waals surface area contributed by atoms with E-state index in [0.29, 0.717) is 19.0 Å². The predicted molar refractivity (Wildman–Crippen MR) is 117 cm³/mol. The standard InChI is InChI=1S/C21H29N3O7S/c1-23(2)17(18-6-5-9-31-18)14-22-21(25)16-12-15(13-19(28-3)20(16)29-4)32(26,27)24-7-10-30-11-8-24/h5-6,9,12-13,17H,7-8,10-11,14H2,1-4H3,(H,22,25). The molecule has 0 aliphatic carbocycles. The maximum Gasteiger partial charge on any atom is 0.255 e. The Morgan fingerprint density at radius 1 is 1.22 bits per heavy atom. The molecule has 1 atom stereocenters. The number of amides is 1. The van der Waals surface area contributed by atoms with Gasteiger partial charge in [0.2, 0.25) is 10.0 Å². The molecule has 176 valence electrons. The number of morpholine rings is 1. The number of hydrogen-bond donors (Lipinski definition) is 1. The second-order valence-corrected chi connectivity index (χ2v) is 9.37. The Kier molecular flexibility index (Phi) is 7.77. The van der Waals surface area contributed by atoms with E-state index >= 15 is 0 Å². The van der Waals surface area contributed by atoms with Gasteiger partial charge in [-0.15, -0.1) is 0 Å². The molecule has 0 saturated carbocycles. The van der Waals surface area contributed by atoms with E-state index in [1.54, 1.807) is 12.3 Å². The maximum atomic E-state index is 13.2. The van der Waals surface area contributed by atoms with E-state index < -0.39 is 15.9 Å². The Labute approximate surface area is 188 Å². The lowest BCUT2D eigenvalue weighted by Crippen LogP contribution is -2.40. The van der Waals surface area contributed by atoms with Gasteiger partial charge in [0, 0.05) is 25.7 Å². The number of likely N-dealkylation sites (N-methyl/N-ethyl adjacent to an activating group) is 1. The summed E-state index contributed by atoms with van der Waals surface area (Å²) in [6.45, 7) is 1.36. The number of methoxy groups -OCH3 is 2. The number of carbonyl (C=O) groups excluding carboxylic acids is 1. The van der Waals surface area contributed by atoms with E-state index in [-0.39, 0.29) is 47.6 Å². The van der Waals surface area contributed by atoms with Crippen LogP contribution >= 0.6 is 0 Å². The first-order valence-corrected chi connectivity index (χ1v) is 11.6. The lowest BCUT2D eigenvalue weighted by atomic mass is 10.1. The van der Waals surface area contributed by atoms with Crippen molar-refractivity contribution < 1.29 is 31.8 Å². The third-order valence-corrected chi connectivity index (χ3v) is 7.13. The number of ether oxygens (including phenoxy) is 3. The van der Waals surface area contributed by atoms with Gasteiger partial charge in [-0.3, -0.25) is 9.69 Å². The summed E-state index contributed by atoms with van der Waals surface area (Å²) in [6.07, 6.45) is 1.57. The highest BCUT2D eigenvalue weighted by molar-refractivity contribution is 7.89. The van der Waals surface area contributed by atoms with Gasteiger partial charge in [0.1, 0.15) is 5.76 Å². The molecule has 2 aromatic rings. The van der Waals surface area contributed by atoms with Gasteiger partial charge in [0.05, 0.1) is 50.2 Å². The number of nitrogens with one attached hydrogen (secondary N) is 1. The third kappa shape index (κ3) is 5.07. The van der Waals surface area contributed by atoms with Crippen LogP contribution < -0.4 is 14.8 Å². The van der Waals surface area contributed by atoms with E-state index in [4.69, 9.17) is 18.6 Å². The Morgan fingerprint density at radius 2 is 1.94 bits per heavy atom. The molecule has 3 rings (SSSR count). The number of hydrogen-bond acceptors (Lipinski definition) is 8. The summed E-state index contributed by atoms with van der Waals surface area (Å²) in [7, 11) is 2.70. The van der Waals surface area contributed by atoms with Crippen molar-refractivity contribution in [3.63, 3.8) is 0 Å². The first kappa shape index (κ1) is 24.1. The van der Waals surface area contributed by atoms with Crippen LogP contribution in [0.2, 0.25) is 0 Å². The van der Waals surface area contributed by atoms with Crippen LogP contribution in [0.5, 0.6) is 11.5 Å². The summed E-state index contributed by atoms with van der Waals surface area (Å²) in [5.74, 6) is 0.522. The first-order chi connectivity index (χ1) is 15.3. The van der Waals surface area contributed by atoms with E-state index in [2.05, 4.69) is 5.32 Å². The van der Waals surface area contributed by atoms with Crippen molar-refractivity contribution in [2.75, 3.05) is 61.2 Å². The summed E-state index contributed by atoms with van der Waals surface area (Å²) in [4.78, 5) is 15.0. The van der Waals surface area contributed by atoms with E-state index in [1.807, 2.05) is 25.1 Å². The molecule has 1 aromatic carbocycles. The molecule has 0 spiro atoms. The Bertz CT molecular complexity index is 1020. The molecule has 1 unspecified atom stereocenters. The molecule has 0 radical (unpaired) electrons. The first-order valence-electron chi connectivity index (χ1n) is 10.1. The molecule has 0 bridgehead atoms. The molecular weight excluding hydrogens is 438 g/mol. The van der Waals surface area contributed by atoms with Gasteiger partial charge < -0.3 is 23.9 Å². The van der Waals surface area contributed by atoms with Crippen molar-refractivity contribution in [3.8, 4) is 11.5 Å². The summed E-state index contributed by atoms with van der Waals surface area (Å²) >= 11 is 0. The predicted octanol–water partition coefficient (Wildman–Crippen LogP) is 1.35. The second-order valence-electron chi connectivity index (χ2n) is 7.43. The quantitative estimate of drug-likeness (QED) is 0.589. The molecule has 1 aromatic heterocycles.